The third-order valence-corrected chi connectivity index (χ3v) is 4.99. The maximum atomic E-state index is 13.8. The molecule has 0 saturated carbocycles. The Labute approximate surface area is 172 Å². The molecule has 4 rings (SSSR count). The van der Waals surface area contributed by atoms with Crippen LogP contribution in [0.15, 0.2) is 60.7 Å². The summed E-state index contributed by atoms with van der Waals surface area (Å²) >= 11 is 0. The minimum Gasteiger partial charge on any atom is -0.294 e. The largest absolute Gasteiger partial charge is 0.294 e. The zero-order chi connectivity index (χ0) is 21.3. The number of ketones is 1. The van der Waals surface area contributed by atoms with Crippen molar-refractivity contribution < 1.29 is 13.6 Å². The van der Waals surface area contributed by atoms with Gasteiger partial charge in [0.1, 0.15) is 11.6 Å². The third-order valence-electron chi connectivity index (χ3n) is 4.99. The Balaban J connectivity index is 1.60. The lowest BCUT2D eigenvalue weighted by Crippen LogP contribution is -2.09. The lowest BCUT2D eigenvalue weighted by molar-refractivity contribution is 0.0985. The van der Waals surface area contributed by atoms with Gasteiger partial charge in [0.05, 0.1) is 5.56 Å². The van der Waals surface area contributed by atoms with Gasteiger partial charge in [-0.25, -0.2) is 13.5 Å². The van der Waals surface area contributed by atoms with Gasteiger partial charge in [-0.2, -0.15) is 0 Å². The first-order chi connectivity index (χ1) is 14.4. The minimum atomic E-state index is -0.845. The van der Waals surface area contributed by atoms with E-state index in [4.69, 9.17) is 0 Å². The molecule has 0 saturated heterocycles. The topological polar surface area (TPSA) is 60.7 Å². The van der Waals surface area contributed by atoms with E-state index >= 15 is 0 Å². The molecule has 0 bridgehead atoms. The van der Waals surface area contributed by atoms with Crippen molar-refractivity contribution in [1.82, 2.24) is 20.2 Å². The number of carbonyl (C=O) groups excluding carboxylic acids is 1. The van der Waals surface area contributed by atoms with Gasteiger partial charge in [0, 0.05) is 19.0 Å². The van der Waals surface area contributed by atoms with Crippen LogP contribution < -0.4 is 0 Å². The molecule has 0 spiro atoms. The molecule has 1 aromatic heterocycles. The first kappa shape index (κ1) is 19.6. The van der Waals surface area contributed by atoms with Crippen molar-refractivity contribution in [2.75, 3.05) is 0 Å². The number of tetrazole rings is 1. The molecule has 0 aliphatic heterocycles. The van der Waals surface area contributed by atoms with Crippen molar-refractivity contribution in [2.24, 2.45) is 7.05 Å². The molecular formula is C23H18F2N4O. The first-order valence-corrected chi connectivity index (χ1v) is 9.34. The SMILES string of the molecule is Cc1ccc(-c2nnnn2C)cc1-c1ccc(CC(=O)c2c(F)cccc2F)cc1. The number of hydrogen-bond acceptors (Lipinski definition) is 4. The van der Waals surface area contributed by atoms with Crippen molar-refractivity contribution in [3.8, 4) is 22.5 Å². The van der Waals surface area contributed by atoms with Crippen LogP contribution in [0.5, 0.6) is 0 Å². The molecule has 0 fully saturated rings. The second-order valence-electron chi connectivity index (χ2n) is 7.05. The standard InChI is InChI=1S/C23H18F2N4O/c1-14-6-9-17(23-26-27-28-29(23)2)13-18(14)16-10-7-15(8-11-16)12-21(30)22-19(24)4-3-5-20(22)25/h3-11,13H,12H2,1-2H3. The molecule has 0 radical (unpaired) electrons. The van der Waals surface area contributed by atoms with Crippen LogP contribution in [0.4, 0.5) is 8.78 Å². The van der Waals surface area contributed by atoms with Crippen LogP contribution in [0.2, 0.25) is 0 Å². The van der Waals surface area contributed by atoms with E-state index in [0.717, 1.165) is 34.4 Å². The van der Waals surface area contributed by atoms with E-state index in [1.807, 2.05) is 37.3 Å². The Morgan fingerprint density at radius 2 is 1.63 bits per heavy atom. The van der Waals surface area contributed by atoms with Gasteiger partial charge in [-0.15, -0.1) is 5.10 Å². The molecular weight excluding hydrogens is 386 g/mol. The lowest BCUT2D eigenvalue weighted by Gasteiger charge is -2.10. The average molecular weight is 404 g/mol. The highest BCUT2D eigenvalue weighted by molar-refractivity contribution is 5.98. The highest BCUT2D eigenvalue weighted by Gasteiger charge is 2.17. The van der Waals surface area contributed by atoms with Crippen LogP contribution in [-0.2, 0) is 13.5 Å². The molecule has 150 valence electrons. The van der Waals surface area contributed by atoms with Crippen LogP contribution in [0.3, 0.4) is 0 Å². The van der Waals surface area contributed by atoms with E-state index in [1.54, 1.807) is 23.9 Å². The van der Waals surface area contributed by atoms with Crippen molar-refractivity contribution in [2.45, 2.75) is 13.3 Å². The maximum absolute atomic E-state index is 13.8. The smallest absolute Gasteiger partial charge is 0.181 e. The number of carbonyl (C=O) groups is 1. The number of aromatic nitrogens is 4. The lowest BCUT2D eigenvalue weighted by atomic mass is 9.95. The van der Waals surface area contributed by atoms with Gasteiger partial charge >= 0.3 is 0 Å². The predicted octanol–water partition coefficient (Wildman–Crippen LogP) is 4.56. The number of benzene rings is 3. The third kappa shape index (κ3) is 3.74. The summed E-state index contributed by atoms with van der Waals surface area (Å²) in [6.07, 6.45) is -0.0816. The fourth-order valence-electron chi connectivity index (χ4n) is 3.39. The summed E-state index contributed by atoms with van der Waals surface area (Å²) in [4.78, 5) is 12.4. The number of halogens is 2. The Bertz CT molecular complexity index is 1210. The van der Waals surface area contributed by atoms with Crippen LogP contribution in [0.25, 0.3) is 22.5 Å². The molecule has 0 amide bonds. The summed E-state index contributed by atoms with van der Waals surface area (Å²) in [6.45, 7) is 2.01. The summed E-state index contributed by atoms with van der Waals surface area (Å²) < 4.78 is 29.3. The van der Waals surface area contributed by atoms with Crippen LogP contribution in [0, 0.1) is 18.6 Å². The molecule has 0 aliphatic carbocycles. The molecule has 7 heteroatoms. The van der Waals surface area contributed by atoms with E-state index in [1.165, 1.54) is 6.07 Å². The fraction of sp³-hybridized carbons (Fsp3) is 0.130. The normalized spacial score (nSPS) is 10.9. The molecule has 0 N–H and O–H groups in total. The quantitative estimate of drug-likeness (QED) is 0.458. The van der Waals surface area contributed by atoms with Gasteiger partial charge in [0.15, 0.2) is 11.6 Å². The van der Waals surface area contributed by atoms with E-state index in [-0.39, 0.29) is 6.42 Å². The number of aryl methyl sites for hydroxylation is 2. The molecule has 30 heavy (non-hydrogen) atoms. The number of Topliss-reactive ketones (excluding diaryl/α,β-unsaturated/α-hetero) is 1. The monoisotopic (exact) mass is 404 g/mol. The molecule has 0 atom stereocenters. The van der Waals surface area contributed by atoms with Crippen molar-refractivity contribution >= 4 is 5.78 Å². The molecule has 4 aromatic rings. The van der Waals surface area contributed by atoms with E-state index in [9.17, 15) is 13.6 Å². The van der Waals surface area contributed by atoms with Gasteiger partial charge in [0.2, 0.25) is 0 Å². The van der Waals surface area contributed by atoms with Gasteiger partial charge in [0.25, 0.3) is 0 Å². The van der Waals surface area contributed by atoms with Gasteiger partial charge in [-0.3, -0.25) is 4.79 Å². The van der Waals surface area contributed by atoms with E-state index in [2.05, 4.69) is 15.5 Å². The minimum absolute atomic E-state index is 0.0816. The number of hydrogen-bond donors (Lipinski definition) is 0. The number of rotatable bonds is 5. The average Bonchev–Trinajstić information content (AvgIpc) is 3.15. The Hall–Kier alpha value is -3.74. The van der Waals surface area contributed by atoms with Crippen molar-refractivity contribution in [3.05, 3.63) is 89.0 Å². The zero-order valence-electron chi connectivity index (χ0n) is 16.4. The Morgan fingerprint density at radius 1 is 0.967 bits per heavy atom. The molecule has 0 unspecified atom stereocenters. The predicted molar refractivity (Wildman–Crippen MR) is 109 cm³/mol. The second kappa shape index (κ2) is 7.94. The van der Waals surface area contributed by atoms with Crippen molar-refractivity contribution in [3.63, 3.8) is 0 Å². The van der Waals surface area contributed by atoms with Gasteiger partial charge in [-0.05, 0) is 57.8 Å². The summed E-state index contributed by atoms with van der Waals surface area (Å²) in [7, 11) is 1.78. The van der Waals surface area contributed by atoms with Gasteiger partial charge in [-0.1, -0.05) is 42.5 Å². The van der Waals surface area contributed by atoms with Crippen LogP contribution in [0.1, 0.15) is 21.5 Å². The highest BCUT2D eigenvalue weighted by Crippen LogP contribution is 2.28. The fourth-order valence-corrected chi connectivity index (χ4v) is 3.39. The van der Waals surface area contributed by atoms with E-state index in [0.29, 0.717) is 11.4 Å². The Kier molecular flexibility index (Phi) is 5.18. The summed E-state index contributed by atoms with van der Waals surface area (Å²) in [5.41, 5.74) is 4.11. The summed E-state index contributed by atoms with van der Waals surface area (Å²) in [6, 6.07) is 16.7. The van der Waals surface area contributed by atoms with Crippen LogP contribution in [-0.4, -0.2) is 26.0 Å². The molecule has 0 aliphatic rings. The van der Waals surface area contributed by atoms with Crippen molar-refractivity contribution in [1.29, 1.82) is 0 Å². The van der Waals surface area contributed by atoms with Gasteiger partial charge < -0.3 is 0 Å². The molecule has 3 aromatic carbocycles. The summed E-state index contributed by atoms with van der Waals surface area (Å²) in [5, 5.41) is 11.6. The number of nitrogens with zero attached hydrogens (tertiary/aromatic N) is 4. The summed E-state index contributed by atoms with van der Waals surface area (Å²) in [5.74, 6) is -1.62. The molecule has 1 heterocycles. The first-order valence-electron chi connectivity index (χ1n) is 9.34. The van der Waals surface area contributed by atoms with Crippen LogP contribution >= 0.6 is 0 Å². The highest BCUT2D eigenvalue weighted by atomic mass is 19.1. The zero-order valence-corrected chi connectivity index (χ0v) is 16.4. The molecule has 5 nitrogen and oxygen atoms in total. The van der Waals surface area contributed by atoms with E-state index < -0.39 is 23.0 Å². The maximum Gasteiger partial charge on any atom is 0.181 e. The second-order valence-corrected chi connectivity index (χ2v) is 7.05. The Morgan fingerprint density at radius 3 is 2.27 bits per heavy atom.